The van der Waals surface area contributed by atoms with Crippen LogP contribution in [0.5, 0.6) is 0 Å². The van der Waals surface area contributed by atoms with Crippen LogP contribution in [0.15, 0.2) is 82.8 Å². The van der Waals surface area contributed by atoms with Crippen LogP contribution in [0, 0.1) is 0 Å². The van der Waals surface area contributed by atoms with Crippen molar-refractivity contribution in [3.8, 4) is 0 Å². The first-order chi connectivity index (χ1) is 18.0. The summed E-state index contributed by atoms with van der Waals surface area (Å²) < 4.78 is 71.1. The maximum Gasteiger partial charge on any atom is 0.295 e. The average molecular weight is 597 g/mol. The molecule has 0 radical (unpaired) electrons. The Balaban J connectivity index is 2.23. The molecule has 2 aromatic heterocycles. The fraction of sp³-hybridized carbons (Fsp3) is 0. The molecule has 0 bridgehead atoms. The topological polar surface area (TPSA) is 193 Å². The zero-order chi connectivity index (χ0) is 27.5. The molecule has 0 atom stereocenters. The summed E-state index contributed by atoms with van der Waals surface area (Å²) in [6, 6.07) is 12.9. The third kappa shape index (κ3) is 5.69. The Hall–Kier alpha value is -3.80. The van der Waals surface area contributed by atoms with Crippen molar-refractivity contribution in [1.82, 2.24) is 30.8 Å². The molecule has 0 spiro atoms. The molecule has 0 aliphatic heterocycles. The van der Waals surface area contributed by atoms with Crippen LogP contribution in [-0.2, 0) is 20.2 Å². The molecule has 0 unspecified atom stereocenters. The highest BCUT2D eigenvalue weighted by atomic mass is 35.5. The standard InChI is InChI=1S/C20H14Cl2N8O6S2/c21-29(17-9-11-23-27-25-17)19(13-5-1-3-7-15(13)37(31,32)33)20(30(22)18-10-12-24-28-26-18)14-6-2-4-8-16(14)38(34,35)36/h1-12H,(H,31,32,33)(H,34,35,36). The molecule has 4 rings (SSSR count). The number of halogens is 2. The van der Waals surface area contributed by atoms with Crippen molar-refractivity contribution in [3.63, 3.8) is 0 Å². The molecule has 196 valence electrons. The van der Waals surface area contributed by atoms with Crippen LogP contribution in [0.4, 0.5) is 11.6 Å². The minimum atomic E-state index is -4.87. The molecule has 14 nitrogen and oxygen atoms in total. The molecule has 2 aromatic carbocycles. The average Bonchev–Trinajstić information content (AvgIpc) is 2.91. The number of benzene rings is 2. The van der Waals surface area contributed by atoms with Gasteiger partial charge in [0, 0.05) is 46.8 Å². The van der Waals surface area contributed by atoms with Crippen molar-refractivity contribution in [2.75, 3.05) is 8.84 Å². The molecule has 0 aliphatic carbocycles. The largest absolute Gasteiger partial charge is 0.295 e. The van der Waals surface area contributed by atoms with Crippen LogP contribution in [0.3, 0.4) is 0 Å². The monoisotopic (exact) mass is 596 g/mol. The molecule has 2 heterocycles. The molecule has 0 amide bonds. The number of rotatable bonds is 8. The molecule has 0 fully saturated rings. The van der Waals surface area contributed by atoms with Crippen LogP contribution < -0.4 is 8.84 Å². The van der Waals surface area contributed by atoms with Gasteiger partial charge in [-0.3, -0.25) is 9.11 Å². The second-order valence-corrected chi connectivity index (χ2v) is 10.6. The Morgan fingerprint density at radius 2 is 1.00 bits per heavy atom. The summed E-state index contributed by atoms with van der Waals surface area (Å²) in [5, 5.41) is 21.8. The molecule has 0 aliphatic rings. The molecule has 38 heavy (non-hydrogen) atoms. The normalized spacial score (nSPS) is 12.5. The SMILES string of the molecule is O=S(=O)(O)c1ccccc1C(=C(c1ccccc1S(=O)(=O)O)N(Cl)c1ccnnn1)N(Cl)c1ccnnn1. The number of hydrogen-bond donors (Lipinski definition) is 2. The number of aromatic nitrogens is 6. The molecule has 0 saturated heterocycles. The minimum absolute atomic E-state index is 0.102. The van der Waals surface area contributed by atoms with Crippen molar-refractivity contribution in [3.05, 3.63) is 84.2 Å². The Morgan fingerprint density at radius 1 is 0.632 bits per heavy atom. The van der Waals surface area contributed by atoms with Gasteiger partial charge in [0.25, 0.3) is 20.2 Å². The lowest BCUT2D eigenvalue weighted by Gasteiger charge is -2.28. The lowest BCUT2D eigenvalue weighted by Crippen LogP contribution is -2.23. The van der Waals surface area contributed by atoms with Crippen LogP contribution in [0.25, 0.3) is 11.4 Å². The first-order valence-electron chi connectivity index (χ1n) is 10.1. The molecular weight excluding hydrogens is 583 g/mol. The van der Waals surface area contributed by atoms with Gasteiger partial charge >= 0.3 is 0 Å². The second-order valence-electron chi connectivity index (χ2n) is 7.16. The Morgan fingerprint density at radius 3 is 1.32 bits per heavy atom. The Kier molecular flexibility index (Phi) is 7.81. The van der Waals surface area contributed by atoms with E-state index in [4.69, 9.17) is 23.6 Å². The highest BCUT2D eigenvalue weighted by Crippen LogP contribution is 2.41. The van der Waals surface area contributed by atoms with E-state index < -0.39 is 30.0 Å². The quantitative estimate of drug-likeness (QED) is 0.171. The zero-order valence-corrected chi connectivity index (χ0v) is 21.8. The van der Waals surface area contributed by atoms with E-state index >= 15 is 0 Å². The summed E-state index contributed by atoms with van der Waals surface area (Å²) in [6.45, 7) is 0. The van der Waals surface area contributed by atoms with E-state index in [9.17, 15) is 25.9 Å². The predicted octanol–water partition coefficient (Wildman–Crippen LogP) is 2.70. The third-order valence-corrected chi connectivity index (χ3v) is 7.35. The van der Waals surface area contributed by atoms with E-state index in [1.165, 1.54) is 60.9 Å². The van der Waals surface area contributed by atoms with Crippen LogP contribution in [-0.4, -0.2) is 56.8 Å². The lowest BCUT2D eigenvalue weighted by molar-refractivity contribution is 0.480. The molecule has 0 saturated carbocycles. The summed E-state index contributed by atoms with van der Waals surface area (Å²) in [4.78, 5) is -1.23. The zero-order valence-electron chi connectivity index (χ0n) is 18.6. The van der Waals surface area contributed by atoms with E-state index in [2.05, 4.69) is 30.8 Å². The van der Waals surface area contributed by atoms with Gasteiger partial charge in [0.15, 0.2) is 11.6 Å². The maximum absolute atomic E-state index is 12.4. The van der Waals surface area contributed by atoms with Gasteiger partial charge in [0.1, 0.15) is 9.79 Å². The van der Waals surface area contributed by atoms with Crippen molar-refractivity contribution < 1.29 is 25.9 Å². The van der Waals surface area contributed by atoms with Gasteiger partial charge in [-0.1, -0.05) is 36.4 Å². The summed E-state index contributed by atoms with van der Waals surface area (Å²) in [5.41, 5.74) is -1.11. The van der Waals surface area contributed by atoms with Gasteiger partial charge in [-0.25, -0.2) is 8.84 Å². The summed E-state index contributed by atoms with van der Waals surface area (Å²) in [7, 11) is -9.75. The van der Waals surface area contributed by atoms with Crippen LogP contribution >= 0.6 is 23.6 Å². The lowest BCUT2D eigenvalue weighted by atomic mass is 10.0. The van der Waals surface area contributed by atoms with Gasteiger partial charge in [-0.05, 0) is 22.6 Å². The second kappa shape index (κ2) is 10.9. The summed E-state index contributed by atoms with van der Waals surface area (Å²) in [6.07, 6.45) is 2.48. The number of nitrogens with zero attached hydrogens (tertiary/aromatic N) is 8. The fourth-order valence-electron chi connectivity index (χ4n) is 3.34. The highest BCUT2D eigenvalue weighted by Gasteiger charge is 2.32. The van der Waals surface area contributed by atoms with E-state index in [-0.39, 0.29) is 34.2 Å². The Labute approximate surface area is 225 Å². The van der Waals surface area contributed by atoms with Crippen molar-refractivity contribution >= 4 is 66.8 Å². The van der Waals surface area contributed by atoms with Gasteiger partial charge in [-0.2, -0.15) is 16.8 Å². The van der Waals surface area contributed by atoms with E-state index in [0.29, 0.717) is 0 Å². The first-order valence-corrected chi connectivity index (χ1v) is 13.6. The van der Waals surface area contributed by atoms with E-state index in [1.807, 2.05) is 0 Å². The molecule has 18 heteroatoms. The summed E-state index contributed by atoms with van der Waals surface area (Å²) >= 11 is 13.4. The van der Waals surface area contributed by atoms with Crippen molar-refractivity contribution in [1.29, 1.82) is 0 Å². The number of hydrogen-bond acceptors (Lipinski definition) is 12. The van der Waals surface area contributed by atoms with Crippen LogP contribution in [0.1, 0.15) is 11.1 Å². The van der Waals surface area contributed by atoms with Gasteiger partial charge < -0.3 is 0 Å². The first kappa shape index (κ1) is 27.2. The van der Waals surface area contributed by atoms with Gasteiger partial charge in [0.05, 0.1) is 23.8 Å². The minimum Gasteiger partial charge on any atom is -0.282 e. The third-order valence-electron chi connectivity index (χ3n) is 4.84. The van der Waals surface area contributed by atoms with Crippen molar-refractivity contribution in [2.45, 2.75) is 9.79 Å². The van der Waals surface area contributed by atoms with Gasteiger partial charge in [-0.15, -0.1) is 20.4 Å². The fourth-order valence-corrected chi connectivity index (χ4v) is 5.24. The van der Waals surface area contributed by atoms with Crippen LogP contribution in [0.2, 0.25) is 0 Å². The highest BCUT2D eigenvalue weighted by molar-refractivity contribution is 7.86. The Bertz CT molecular complexity index is 1590. The summed E-state index contributed by atoms with van der Waals surface area (Å²) in [5.74, 6) is -0.205. The van der Waals surface area contributed by atoms with Gasteiger partial charge in [0.2, 0.25) is 0 Å². The number of anilines is 2. The van der Waals surface area contributed by atoms with E-state index in [0.717, 1.165) is 21.0 Å². The van der Waals surface area contributed by atoms with Crippen molar-refractivity contribution in [2.24, 2.45) is 0 Å². The molecule has 4 aromatic rings. The van der Waals surface area contributed by atoms with E-state index in [1.54, 1.807) is 0 Å². The maximum atomic E-state index is 12.4. The predicted molar refractivity (Wildman–Crippen MR) is 136 cm³/mol. The molecular formula is C20H14Cl2N8O6S2. The molecule has 2 N–H and O–H groups in total. The smallest absolute Gasteiger partial charge is 0.282 e.